The minimum Gasteiger partial charge on any atom is -0.374 e. The molecular formula is C26H43NO6. The van der Waals surface area contributed by atoms with Crippen LogP contribution in [0.2, 0.25) is 0 Å². The van der Waals surface area contributed by atoms with Gasteiger partial charge in [-0.1, -0.05) is 70.4 Å². The fourth-order valence-corrected chi connectivity index (χ4v) is 3.58. The summed E-state index contributed by atoms with van der Waals surface area (Å²) in [6.07, 6.45) is 20.6. The van der Waals surface area contributed by atoms with Gasteiger partial charge < -0.3 is 9.57 Å². The molecule has 0 saturated carbocycles. The number of hydrogen-bond acceptors (Lipinski definition) is 6. The third-order valence-electron chi connectivity index (χ3n) is 5.62. The molecule has 7 nitrogen and oxygen atoms in total. The van der Waals surface area contributed by atoms with Gasteiger partial charge in [-0.25, -0.2) is 4.79 Å². The Kier molecular flexibility index (Phi) is 17.1. The van der Waals surface area contributed by atoms with Gasteiger partial charge in [0.1, 0.15) is 6.61 Å². The van der Waals surface area contributed by atoms with Gasteiger partial charge in [0.05, 0.1) is 6.42 Å². The third kappa shape index (κ3) is 15.4. The van der Waals surface area contributed by atoms with Gasteiger partial charge >= 0.3 is 5.97 Å². The van der Waals surface area contributed by atoms with Crippen LogP contribution in [0.5, 0.6) is 0 Å². The Morgan fingerprint density at radius 3 is 1.94 bits per heavy atom. The van der Waals surface area contributed by atoms with E-state index in [9.17, 15) is 19.2 Å². The first-order valence-corrected chi connectivity index (χ1v) is 12.9. The molecule has 1 aliphatic rings. The smallest absolute Gasteiger partial charge is 0.333 e. The molecule has 0 aliphatic carbocycles. The molecule has 1 aliphatic heterocycles. The van der Waals surface area contributed by atoms with Crippen LogP contribution >= 0.6 is 0 Å². The molecule has 0 N–H and O–H groups in total. The monoisotopic (exact) mass is 465 g/mol. The highest BCUT2D eigenvalue weighted by Crippen LogP contribution is 2.13. The van der Waals surface area contributed by atoms with Gasteiger partial charge in [0.2, 0.25) is 0 Å². The first-order chi connectivity index (χ1) is 16.0. The summed E-state index contributed by atoms with van der Waals surface area (Å²) in [7, 11) is 0. The molecule has 0 spiro atoms. The predicted molar refractivity (Wildman–Crippen MR) is 127 cm³/mol. The number of carbonyl (C=O) groups is 4. The molecule has 0 aromatic rings. The number of rotatable bonds is 21. The maximum atomic E-state index is 11.8. The fraction of sp³-hybridized carbons (Fsp3) is 0.769. The lowest BCUT2D eigenvalue weighted by atomic mass is 10.1. The molecule has 1 rings (SSSR count). The van der Waals surface area contributed by atoms with E-state index in [1.54, 1.807) is 0 Å². The van der Waals surface area contributed by atoms with Crippen LogP contribution in [0.4, 0.5) is 0 Å². The van der Waals surface area contributed by atoms with Crippen LogP contribution in [0.3, 0.4) is 0 Å². The number of hydrogen-bond donors (Lipinski definition) is 0. The third-order valence-corrected chi connectivity index (χ3v) is 5.62. The zero-order valence-electron chi connectivity index (χ0n) is 20.5. The van der Waals surface area contributed by atoms with Crippen molar-refractivity contribution >= 4 is 23.6 Å². The van der Waals surface area contributed by atoms with E-state index in [-0.39, 0.29) is 38.1 Å². The number of carbonyl (C=O) groups excluding carboxylic acids is 4. The standard InChI is InChI=1S/C26H43NO6/c1-2-3-4-5-6-7-8-9-10-11-12-13-14-15-16-21-32-22-23(28)17-20-26(31)33-27-24(29)18-19-25(27)30/h9-10H,2-8,11-22H2,1H3/b10-9+. The van der Waals surface area contributed by atoms with E-state index in [0.29, 0.717) is 11.7 Å². The molecule has 2 amide bonds. The van der Waals surface area contributed by atoms with Crippen molar-refractivity contribution in [1.82, 2.24) is 5.06 Å². The first-order valence-electron chi connectivity index (χ1n) is 12.9. The summed E-state index contributed by atoms with van der Waals surface area (Å²) in [5.74, 6) is -2.01. The summed E-state index contributed by atoms with van der Waals surface area (Å²) in [5, 5.41) is 0.496. The van der Waals surface area contributed by atoms with Crippen LogP contribution < -0.4 is 0 Å². The van der Waals surface area contributed by atoms with Crippen molar-refractivity contribution in [2.45, 2.75) is 116 Å². The molecule has 0 unspecified atom stereocenters. The lowest BCUT2D eigenvalue weighted by Gasteiger charge is -2.12. The Morgan fingerprint density at radius 2 is 1.33 bits per heavy atom. The van der Waals surface area contributed by atoms with Crippen molar-refractivity contribution in [3.05, 3.63) is 12.2 Å². The van der Waals surface area contributed by atoms with E-state index in [2.05, 4.69) is 19.1 Å². The van der Waals surface area contributed by atoms with Crippen LogP contribution in [-0.4, -0.2) is 41.8 Å². The second-order valence-corrected chi connectivity index (χ2v) is 8.72. The second kappa shape index (κ2) is 19.4. The summed E-state index contributed by atoms with van der Waals surface area (Å²) in [6, 6.07) is 0. The number of ether oxygens (including phenoxy) is 1. The van der Waals surface area contributed by atoms with Gasteiger partial charge in [-0.05, 0) is 32.1 Å². The van der Waals surface area contributed by atoms with E-state index < -0.39 is 17.8 Å². The topological polar surface area (TPSA) is 90.0 Å². The summed E-state index contributed by atoms with van der Waals surface area (Å²) in [5.41, 5.74) is 0. The Bertz CT molecular complexity index is 600. The maximum Gasteiger partial charge on any atom is 0.333 e. The van der Waals surface area contributed by atoms with Crippen LogP contribution in [0, 0.1) is 0 Å². The molecule has 1 saturated heterocycles. The lowest BCUT2D eigenvalue weighted by molar-refractivity contribution is -0.197. The summed E-state index contributed by atoms with van der Waals surface area (Å²) in [4.78, 5) is 50.9. The van der Waals surface area contributed by atoms with Crippen molar-refractivity contribution < 1.29 is 28.8 Å². The molecule has 188 valence electrons. The first kappa shape index (κ1) is 29.0. The maximum absolute atomic E-state index is 11.8. The van der Waals surface area contributed by atoms with Crippen LogP contribution in [-0.2, 0) is 28.8 Å². The highest BCUT2D eigenvalue weighted by atomic mass is 16.7. The largest absolute Gasteiger partial charge is 0.374 e. The molecule has 0 aromatic carbocycles. The van der Waals surface area contributed by atoms with Gasteiger partial charge in [0, 0.05) is 25.9 Å². The van der Waals surface area contributed by atoms with E-state index in [0.717, 1.165) is 19.3 Å². The average Bonchev–Trinajstić information content (AvgIpc) is 3.11. The van der Waals surface area contributed by atoms with Crippen molar-refractivity contribution in [2.75, 3.05) is 13.2 Å². The second-order valence-electron chi connectivity index (χ2n) is 8.72. The summed E-state index contributed by atoms with van der Waals surface area (Å²) >= 11 is 0. The SMILES string of the molecule is CCCCCCCC/C=C/CCCCCCCOCC(=O)CCC(=O)ON1C(=O)CCC1=O. The normalized spacial score (nSPS) is 13.9. The van der Waals surface area contributed by atoms with Gasteiger partial charge in [-0.3, -0.25) is 14.4 Å². The molecule has 0 aromatic heterocycles. The molecule has 1 heterocycles. The number of hydroxylamine groups is 2. The number of ketones is 1. The summed E-state index contributed by atoms with van der Waals surface area (Å²) in [6.45, 7) is 2.75. The highest BCUT2D eigenvalue weighted by molar-refractivity contribution is 6.01. The van der Waals surface area contributed by atoms with E-state index in [1.807, 2.05) is 0 Å². The fourth-order valence-electron chi connectivity index (χ4n) is 3.58. The number of allylic oxidation sites excluding steroid dienone is 2. The number of imide groups is 1. The van der Waals surface area contributed by atoms with E-state index >= 15 is 0 Å². The molecule has 1 fully saturated rings. The lowest BCUT2D eigenvalue weighted by Crippen LogP contribution is -2.32. The number of unbranched alkanes of at least 4 members (excludes halogenated alkanes) is 11. The zero-order valence-corrected chi connectivity index (χ0v) is 20.5. The molecule has 0 radical (unpaired) electrons. The van der Waals surface area contributed by atoms with Gasteiger partial charge in [-0.15, -0.1) is 5.06 Å². The molecule has 33 heavy (non-hydrogen) atoms. The Hall–Kier alpha value is -2.02. The van der Waals surface area contributed by atoms with Crippen molar-refractivity contribution in [3.8, 4) is 0 Å². The number of Topliss-reactive ketones (excluding diaryl/α,β-unsaturated/α-hetero) is 1. The Labute approximate surface area is 199 Å². The van der Waals surface area contributed by atoms with Crippen LogP contribution in [0.1, 0.15) is 116 Å². The van der Waals surface area contributed by atoms with Gasteiger partial charge in [-0.2, -0.15) is 0 Å². The number of amides is 2. The quantitative estimate of drug-likeness (QED) is 0.124. The van der Waals surface area contributed by atoms with Gasteiger partial charge in [0.25, 0.3) is 11.8 Å². The Morgan fingerprint density at radius 1 is 0.788 bits per heavy atom. The van der Waals surface area contributed by atoms with Crippen LogP contribution in [0.15, 0.2) is 12.2 Å². The molecule has 0 atom stereocenters. The molecule has 7 heteroatoms. The minimum atomic E-state index is -0.760. The highest BCUT2D eigenvalue weighted by Gasteiger charge is 2.32. The predicted octanol–water partition coefficient (Wildman–Crippen LogP) is 5.61. The van der Waals surface area contributed by atoms with E-state index in [4.69, 9.17) is 9.57 Å². The van der Waals surface area contributed by atoms with Gasteiger partial charge in [0.15, 0.2) is 5.78 Å². The van der Waals surface area contributed by atoms with Crippen molar-refractivity contribution in [3.63, 3.8) is 0 Å². The Balaban J connectivity index is 1.85. The zero-order chi connectivity index (χ0) is 24.2. The molecule has 0 bridgehead atoms. The van der Waals surface area contributed by atoms with E-state index in [1.165, 1.54) is 64.2 Å². The minimum absolute atomic E-state index is 0.0264. The summed E-state index contributed by atoms with van der Waals surface area (Å²) < 4.78 is 5.38. The van der Waals surface area contributed by atoms with Crippen molar-refractivity contribution in [2.24, 2.45) is 0 Å². The van der Waals surface area contributed by atoms with Crippen molar-refractivity contribution in [1.29, 1.82) is 0 Å². The number of nitrogens with zero attached hydrogens (tertiary/aromatic N) is 1. The average molecular weight is 466 g/mol. The van der Waals surface area contributed by atoms with Crippen LogP contribution in [0.25, 0.3) is 0 Å². The molecular weight excluding hydrogens is 422 g/mol.